The molecule has 0 unspecified atom stereocenters. The molecule has 0 atom stereocenters. The van der Waals surface area contributed by atoms with E-state index in [9.17, 15) is 0 Å². The van der Waals surface area contributed by atoms with Crippen molar-refractivity contribution in [2.24, 2.45) is 0 Å². The molecule has 0 aliphatic rings. The van der Waals surface area contributed by atoms with Gasteiger partial charge in [0.15, 0.2) is 0 Å². The van der Waals surface area contributed by atoms with Crippen LogP contribution in [0.4, 0.5) is 0 Å². The summed E-state index contributed by atoms with van der Waals surface area (Å²) in [5.74, 6) is 2.42. The van der Waals surface area contributed by atoms with Crippen LogP contribution >= 0.6 is 0 Å². The highest BCUT2D eigenvalue weighted by atomic mass is 13.8. The monoisotopic (exact) mass is 80.1 g/mol. The van der Waals surface area contributed by atoms with Gasteiger partial charge in [0, 0.05) is 0 Å². The molecule has 0 rings (SSSR count). The molecule has 0 spiro atoms. The topological polar surface area (TPSA) is 0 Å². The average molecular weight is 80.1 g/mol. The third-order valence-electron chi connectivity index (χ3n) is 0.631. The molecule has 6 heavy (non-hydrogen) atoms. The van der Waals surface area contributed by atoms with Crippen molar-refractivity contribution in [2.75, 3.05) is 0 Å². The minimum absolute atomic E-state index is 0.870. The molecular formula is C6H8. The molecule has 0 amide bonds. The van der Waals surface area contributed by atoms with Gasteiger partial charge >= 0.3 is 0 Å². The zero-order valence-electron chi connectivity index (χ0n) is 3.99. The summed E-state index contributed by atoms with van der Waals surface area (Å²) in [5, 5.41) is 0. The van der Waals surface area contributed by atoms with E-state index in [4.69, 9.17) is 6.42 Å². The average Bonchev–Trinajstić information content (AvgIpc) is 1.65. The van der Waals surface area contributed by atoms with E-state index in [2.05, 4.69) is 12.5 Å². The first kappa shape index (κ1) is 5.30. The predicted octanol–water partition coefficient (Wildman–Crippen LogP) is 1.59. The van der Waals surface area contributed by atoms with E-state index in [0.29, 0.717) is 0 Å². The number of hydrogen-bond donors (Lipinski definition) is 0. The molecule has 0 saturated carbocycles. The summed E-state index contributed by atoms with van der Waals surface area (Å²) in [6.07, 6.45) is 5.83. The van der Waals surface area contributed by atoms with Crippen molar-refractivity contribution in [3.63, 3.8) is 0 Å². The van der Waals surface area contributed by atoms with Crippen LogP contribution in [0, 0.1) is 12.3 Å². The predicted molar refractivity (Wildman–Crippen MR) is 28.3 cm³/mol. The number of hydrogen-bond acceptors (Lipinski definition) is 0. The number of terminal acetylenes is 1. The van der Waals surface area contributed by atoms with Gasteiger partial charge < -0.3 is 0 Å². The van der Waals surface area contributed by atoms with Gasteiger partial charge in [-0.25, -0.2) is 0 Å². The molecule has 0 bridgehead atoms. The Labute approximate surface area is 38.9 Å². The lowest BCUT2D eigenvalue weighted by Crippen LogP contribution is -1.64. The van der Waals surface area contributed by atoms with Crippen LogP contribution in [0.15, 0.2) is 12.2 Å². The van der Waals surface area contributed by atoms with Gasteiger partial charge in [0.2, 0.25) is 0 Å². The second-order valence-electron chi connectivity index (χ2n) is 1.10. The van der Waals surface area contributed by atoms with E-state index >= 15 is 0 Å². The Balaban J connectivity index is 3.33. The van der Waals surface area contributed by atoms with E-state index in [1.54, 1.807) is 0 Å². The summed E-state index contributed by atoms with van der Waals surface area (Å²) < 4.78 is 0. The summed E-state index contributed by atoms with van der Waals surface area (Å²) in [4.78, 5) is 0. The maximum Gasteiger partial charge on any atom is -0.00570 e. The Morgan fingerprint density at radius 3 is 2.50 bits per heavy atom. The second-order valence-corrected chi connectivity index (χ2v) is 1.10. The third kappa shape index (κ3) is 1.60. The van der Waals surface area contributed by atoms with Gasteiger partial charge in [-0.1, -0.05) is 19.4 Å². The summed E-state index contributed by atoms with van der Waals surface area (Å²) >= 11 is 0. The van der Waals surface area contributed by atoms with E-state index in [-0.39, 0.29) is 0 Å². The minimum Gasteiger partial charge on any atom is -0.115 e. The summed E-state index contributed by atoms with van der Waals surface area (Å²) in [5.41, 5.74) is 0.870. The zero-order valence-corrected chi connectivity index (χ0v) is 3.99. The molecule has 0 radical (unpaired) electrons. The van der Waals surface area contributed by atoms with Gasteiger partial charge in [-0.3, -0.25) is 0 Å². The Kier molecular flexibility index (Phi) is 2.24. The molecule has 0 heterocycles. The molecule has 0 aromatic heterocycles. The fourth-order valence-electron chi connectivity index (χ4n) is 0.102. The largest absolute Gasteiger partial charge is 0.115 e. The zero-order chi connectivity index (χ0) is 4.99. The quantitative estimate of drug-likeness (QED) is 0.419. The minimum atomic E-state index is 0.870. The van der Waals surface area contributed by atoms with E-state index in [1.807, 2.05) is 6.92 Å². The summed E-state index contributed by atoms with van der Waals surface area (Å²) in [7, 11) is 0. The van der Waals surface area contributed by atoms with Crippen LogP contribution in [0.5, 0.6) is 0 Å². The highest BCUT2D eigenvalue weighted by molar-refractivity contribution is 5.20. The lowest BCUT2D eigenvalue weighted by atomic mass is 10.3. The first-order chi connectivity index (χ1) is 2.81. The van der Waals surface area contributed by atoms with Crippen LogP contribution in [0.3, 0.4) is 0 Å². The van der Waals surface area contributed by atoms with Crippen molar-refractivity contribution >= 4 is 0 Å². The molecule has 0 aliphatic heterocycles. The highest BCUT2D eigenvalue weighted by Gasteiger charge is 1.73. The first-order valence-corrected chi connectivity index (χ1v) is 1.95. The Bertz CT molecular complexity index is 82.7. The molecule has 0 heteroatoms. The molecule has 0 N–H and O–H groups in total. The summed E-state index contributed by atoms with van der Waals surface area (Å²) in [6.45, 7) is 5.54. The Morgan fingerprint density at radius 2 is 2.50 bits per heavy atom. The highest BCUT2D eigenvalue weighted by Crippen LogP contribution is 1.89. The third-order valence-corrected chi connectivity index (χ3v) is 0.631. The molecule has 0 aromatic carbocycles. The fraction of sp³-hybridized carbons (Fsp3) is 0.333. The summed E-state index contributed by atoms with van der Waals surface area (Å²) in [6, 6.07) is 0. The van der Waals surface area contributed by atoms with Crippen LogP contribution in [-0.4, -0.2) is 0 Å². The van der Waals surface area contributed by atoms with E-state index in [0.717, 1.165) is 12.0 Å². The van der Waals surface area contributed by atoms with Gasteiger partial charge in [0.25, 0.3) is 0 Å². The molecule has 0 aromatic rings. The van der Waals surface area contributed by atoms with Crippen LogP contribution in [-0.2, 0) is 0 Å². The van der Waals surface area contributed by atoms with Gasteiger partial charge in [-0.2, -0.15) is 0 Å². The molecule has 0 aliphatic carbocycles. The van der Waals surface area contributed by atoms with Crippen molar-refractivity contribution in [3.05, 3.63) is 12.2 Å². The second kappa shape index (κ2) is 2.53. The fourth-order valence-corrected chi connectivity index (χ4v) is 0.102. The molecule has 32 valence electrons. The van der Waals surface area contributed by atoms with Crippen LogP contribution in [0.1, 0.15) is 13.3 Å². The molecular weight excluding hydrogens is 72.1 g/mol. The smallest absolute Gasteiger partial charge is 0.00570 e. The lowest BCUT2D eigenvalue weighted by Gasteiger charge is -1.79. The van der Waals surface area contributed by atoms with E-state index < -0.39 is 0 Å². The van der Waals surface area contributed by atoms with Crippen LogP contribution < -0.4 is 0 Å². The van der Waals surface area contributed by atoms with Crippen molar-refractivity contribution in [3.8, 4) is 12.3 Å². The molecule has 0 fully saturated rings. The Hall–Kier alpha value is -0.700. The molecule has 0 nitrogen and oxygen atoms in total. The number of allylic oxidation sites excluding steroid dienone is 1. The Morgan fingerprint density at radius 1 is 2.00 bits per heavy atom. The van der Waals surface area contributed by atoms with Crippen molar-refractivity contribution in [1.29, 1.82) is 0 Å². The SMILES string of the molecule is C#CC(=C)CC. The molecule has 0 saturated heterocycles. The normalized spacial score (nSPS) is 6.67. The van der Waals surface area contributed by atoms with Gasteiger partial charge in [-0.05, 0) is 12.0 Å². The lowest BCUT2D eigenvalue weighted by molar-refractivity contribution is 1.18. The maximum atomic E-state index is 4.93. The van der Waals surface area contributed by atoms with Gasteiger partial charge in [0.1, 0.15) is 0 Å². The van der Waals surface area contributed by atoms with Crippen molar-refractivity contribution in [1.82, 2.24) is 0 Å². The first-order valence-electron chi connectivity index (χ1n) is 1.95. The maximum absolute atomic E-state index is 4.93. The van der Waals surface area contributed by atoms with Crippen molar-refractivity contribution < 1.29 is 0 Å². The van der Waals surface area contributed by atoms with E-state index in [1.165, 1.54) is 0 Å². The van der Waals surface area contributed by atoms with Gasteiger partial charge in [-0.15, -0.1) is 6.42 Å². The van der Waals surface area contributed by atoms with Crippen LogP contribution in [0.25, 0.3) is 0 Å². The number of rotatable bonds is 1. The van der Waals surface area contributed by atoms with Gasteiger partial charge in [0.05, 0.1) is 0 Å². The van der Waals surface area contributed by atoms with Crippen LogP contribution in [0.2, 0.25) is 0 Å². The standard InChI is InChI=1S/C6H8/c1-4-6(3)5-2/h1H,3,5H2,2H3. The van der Waals surface area contributed by atoms with Crippen molar-refractivity contribution in [2.45, 2.75) is 13.3 Å².